The van der Waals surface area contributed by atoms with Crippen molar-refractivity contribution in [3.8, 4) is 11.5 Å². The Labute approximate surface area is 170 Å². The molecule has 0 spiro atoms. The topological polar surface area (TPSA) is 84.9 Å². The van der Waals surface area contributed by atoms with Crippen LogP contribution in [0.1, 0.15) is 13.8 Å². The molecule has 0 bridgehead atoms. The first-order chi connectivity index (χ1) is 13.6. The van der Waals surface area contributed by atoms with Crippen LogP contribution in [0.3, 0.4) is 0 Å². The van der Waals surface area contributed by atoms with Crippen LogP contribution in [0.25, 0.3) is 0 Å². The first-order valence-electron chi connectivity index (χ1n) is 8.94. The van der Waals surface area contributed by atoms with Crippen molar-refractivity contribution >= 4 is 21.6 Å². The second-order valence-corrected chi connectivity index (χ2v) is 8.47. The number of sulfonamides is 1. The normalized spacial score (nSPS) is 13.3. The Kier molecular flexibility index (Phi) is 7.44. The minimum atomic E-state index is -3.77. The van der Waals surface area contributed by atoms with E-state index in [-0.39, 0.29) is 18.3 Å². The van der Waals surface area contributed by atoms with Gasteiger partial charge in [0, 0.05) is 0 Å². The molecular weight excluding hydrogens is 399 g/mol. The molecule has 2 atom stereocenters. The van der Waals surface area contributed by atoms with Gasteiger partial charge in [-0.2, -0.15) is 0 Å². The van der Waals surface area contributed by atoms with Crippen molar-refractivity contribution in [1.29, 1.82) is 0 Å². The van der Waals surface area contributed by atoms with Gasteiger partial charge in [-0.15, -0.1) is 0 Å². The lowest BCUT2D eigenvalue weighted by Gasteiger charge is -2.29. The molecule has 0 aliphatic heterocycles. The van der Waals surface area contributed by atoms with Crippen LogP contribution in [0.2, 0.25) is 0 Å². The highest BCUT2D eigenvalue weighted by Gasteiger charge is 2.29. The van der Waals surface area contributed by atoms with E-state index < -0.39 is 27.8 Å². The summed E-state index contributed by atoms with van der Waals surface area (Å²) in [5.74, 6) is 0.326. The molecule has 0 saturated heterocycles. The van der Waals surface area contributed by atoms with Gasteiger partial charge in [-0.1, -0.05) is 0 Å². The maximum atomic E-state index is 13.2. The number of amides is 1. The molecule has 0 saturated carbocycles. The lowest BCUT2D eigenvalue weighted by Crippen LogP contribution is -2.50. The summed E-state index contributed by atoms with van der Waals surface area (Å²) >= 11 is 0. The Morgan fingerprint density at radius 1 is 1.07 bits per heavy atom. The summed E-state index contributed by atoms with van der Waals surface area (Å²) in [6.45, 7) is 3.41. The molecule has 0 aliphatic carbocycles. The van der Waals surface area contributed by atoms with Gasteiger partial charge in [0.2, 0.25) is 15.9 Å². The SMILES string of the molecule is COc1ccc(OC[C@@H](C)NC(=O)[C@@H](C)N(c2ccc(F)cc2)S(C)(=O)=O)cc1. The largest absolute Gasteiger partial charge is 0.497 e. The zero-order chi connectivity index (χ0) is 21.6. The summed E-state index contributed by atoms with van der Waals surface area (Å²) in [6.07, 6.45) is 0.996. The molecular formula is C20H25FN2O5S. The predicted molar refractivity (Wildman–Crippen MR) is 109 cm³/mol. The van der Waals surface area contributed by atoms with E-state index in [4.69, 9.17) is 9.47 Å². The van der Waals surface area contributed by atoms with Crippen LogP contribution in [-0.2, 0) is 14.8 Å². The molecule has 0 heterocycles. The molecule has 29 heavy (non-hydrogen) atoms. The number of carbonyl (C=O) groups excluding carboxylic acids is 1. The lowest BCUT2D eigenvalue weighted by molar-refractivity contribution is -0.122. The number of rotatable bonds is 9. The highest BCUT2D eigenvalue weighted by Crippen LogP contribution is 2.21. The minimum Gasteiger partial charge on any atom is -0.497 e. The standard InChI is InChI=1S/C20H25FN2O5S/c1-14(13-28-19-11-9-18(27-3)10-12-19)22-20(24)15(2)23(29(4,25)26)17-7-5-16(21)6-8-17/h5-12,14-15H,13H2,1-4H3,(H,22,24)/t14-,15-/m1/s1. The molecule has 1 amide bonds. The Morgan fingerprint density at radius 3 is 2.14 bits per heavy atom. The minimum absolute atomic E-state index is 0.195. The molecule has 0 radical (unpaired) electrons. The molecule has 2 aromatic carbocycles. The first kappa shape index (κ1) is 22.5. The summed E-state index contributed by atoms with van der Waals surface area (Å²) in [4.78, 5) is 12.6. The fourth-order valence-electron chi connectivity index (χ4n) is 2.70. The monoisotopic (exact) mass is 424 g/mol. The zero-order valence-corrected chi connectivity index (χ0v) is 17.6. The van der Waals surface area contributed by atoms with Gasteiger partial charge in [-0.25, -0.2) is 12.8 Å². The van der Waals surface area contributed by atoms with E-state index in [0.29, 0.717) is 11.5 Å². The van der Waals surface area contributed by atoms with Gasteiger partial charge in [0.15, 0.2) is 0 Å². The summed E-state index contributed by atoms with van der Waals surface area (Å²) in [7, 11) is -2.20. The number of nitrogens with zero attached hydrogens (tertiary/aromatic N) is 1. The van der Waals surface area contributed by atoms with Crippen molar-refractivity contribution in [3.05, 3.63) is 54.3 Å². The maximum Gasteiger partial charge on any atom is 0.243 e. The van der Waals surface area contributed by atoms with E-state index in [2.05, 4.69) is 5.32 Å². The van der Waals surface area contributed by atoms with Crippen LogP contribution < -0.4 is 19.1 Å². The maximum absolute atomic E-state index is 13.2. The fourth-order valence-corrected chi connectivity index (χ4v) is 3.87. The second-order valence-electron chi connectivity index (χ2n) is 6.61. The van der Waals surface area contributed by atoms with Gasteiger partial charge in [-0.3, -0.25) is 9.10 Å². The van der Waals surface area contributed by atoms with E-state index in [9.17, 15) is 17.6 Å². The molecule has 0 fully saturated rings. The number of ether oxygens (including phenoxy) is 2. The quantitative estimate of drug-likeness (QED) is 0.669. The summed E-state index contributed by atoms with van der Waals surface area (Å²) in [6, 6.07) is 10.5. The van der Waals surface area contributed by atoms with E-state index in [1.807, 2.05) is 0 Å². The number of carbonyl (C=O) groups is 1. The van der Waals surface area contributed by atoms with Crippen LogP contribution in [-0.4, -0.2) is 46.4 Å². The number of hydrogen-bond donors (Lipinski definition) is 1. The molecule has 7 nitrogen and oxygen atoms in total. The van der Waals surface area contributed by atoms with E-state index in [0.717, 1.165) is 22.7 Å². The number of methoxy groups -OCH3 is 1. The van der Waals surface area contributed by atoms with Gasteiger partial charge >= 0.3 is 0 Å². The summed E-state index contributed by atoms with van der Waals surface area (Å²) < 4.78 is 49.3. The van der Waals surface area contributed by atoms with Gasteiger partial charge in [0.1, 0.15) is 30.0 Å². The van der Waals surface area contributed by atoms with Gasteiger partial charge in [0.25, 0.3) is 0 Å². The Balaban J connectivity index is 2.01. The van der Waals surface area contributed by atoms with Crippen LogP contribution in [0.5, 0.6) is 11.5 Å². The van der Waals surface area contributed by atoms with Crippen LogP contribution >= 0.6 is 0 Å². The van der Waals surface area contributed by atoms with Crippen molar-refractivity contribution in [2.75, 3.05) is 24.3 Å². The van der Waals surface area contributed by atoms with Gasteiger partial charge < -0.3 is 14.8 Å². The zero-order valence-electron chi connectivity index (χ0n) is 16.8. The van der Waals surface area contributed by atoms with E-state index >= 15 is 0 Å². The molecule has 1 N–H and O–H groups in total. The van der Waals surface area contributed by atoms with E-state index in [1.54, 1.807) is 38.3 Å². The van der Waals surface area contributed by atoms with Crippen molar-refractivity contribution in [1.82, 2.24) is 5.32 Å². The fraction of sp³-hybridized carbons (Fsp3) is 0.350. The number of nitrogens with one attached hydrogen (secondary N) is 1. The summed E-state index contributed by atoms with van der Waals surface area (Å²) in [5.41, 5.74) is 0.207. The van der Waals surface area contributed by atoms with Crippen molar-refractivity contribution in [3.63, 3.8) is 0 Å². The average molecular weight is 424 g/mol. The smallest absolute Gasteiger partial charge is 0.243 e. The third-order valence-electron chi connectivity index (χ3n) is 4.12. The molecule has 158 valence electrons. The van der Waals surface area contributed by atoms with Gasteiger partial charge in [-0.05, 0) is 62.4 Å². The molecule has 9 heteroatoms. The number of anilines is 1. The number of benzene rings is 2. The molecule has 0 unspecified atom stereocenters. The second kappa shape index (κ2) is 9.60. The average Bonchev–Trinajstić information content (AvgIpc) is 2.67. The highest BCUT2D eigenvalue weighted by atomic mass is 32.2. The Bertz CT molecular complexity index is 917. The number of hydrogen-bond acceptors (Lipinski definition) is 5. The first-order valence-corrected chi connectivity index (χ1v) is 10.8. The Morgan fingerprint density at radius 2 is 1.62 bits per heavy atom. The molecule has 0 aromatic heterocycles. The lowest BCUT2D eigenvalue weighted by atomic mass is 10.2. The van der Waals surface area contributed by atoms with Crippen molar-refractivity contribution in [2.24, 2.45) is 0 Å². The Hall–Kier alpha value is -2.81. The predicted octanol–water partition coefficient (Wildman–Crippen LogP) is 2.57. The third-order valence-corrected chi connectivity index (χ3v) is 5.36. The van der Waals surface area contributed by atoms with Crippen LogP contribution in [0.15, 0.2) is 48.5 Å². The third kappa shape index (κ3) is 6.35. The van der Waals surface area contributed by atoms with Crippen LogP contribution in [0, 0.1) is 5.82 Å². The van der Waals surface area contributed by atoms with E-state index in [1.165, 1.54) is 19.1 Å². The molecule has 2 rings (SSSR count). The molecule has 0 aliphatic rings. The van der Waals surface area contributed by atoms with Gasteiger partial charge in [0.05, 0.1) is 25.1 Å². The van der Waals surface area contributed by atoms with Crippen LogP contribution in [0.4, 0.5) is 10.1 Å². The van der Waals surface area contributed by atoms with Crippen molar-refractivity contribution in [2.45, 2.75) is 25.9 Å². The number of halogens is 1. The van der Waals surface area contributed by atoms with Crippen molar-refractivity contribution < 1.29 is 27.1 Å². The molecule has 2 aromatic rings. The summed E-state index contributed by atoms with van der Waals surface area (Å²) in [5, 5.41) is 2.74. The highest BCUT2D eigenvalue weighted by molar-refractivity contribution is 7.92.